The molecule has 1 aliphatic heterocycles. The van der Waals surface area contributed by atoms with Gasteiger partial charge in [-0.1, -0.05) is 0 Å². The third-order valence-corrected chi connectivity index (χ3v) is 5.58. The van der Waals surface area contributed by atoms with E-state index in [0.29, 0.717) is 55.2 Å². The molecule has 0 unspecified atom stereocenters. The molecule has 0 aliphatic carbocycles. The van der Waals surface area contributed by atoms with Crippen LogP contribution in [-0.4, -0.2) is 40.1 Å². The highest BCUT2D eigenvalue weighted by Crippen LogP contribution is 2.32. The first-order chi connectivity index (χ1) is 16.5. The Labute approximate surface area is 192 Å². The quantitative estimate of drug-likeness (QED) is 0.406. The third-order valence-electron chi connectivity index (χ3n) is 5.58. The van der Waals surface area contributed by atoms with Gasteiger partial charge in [-0.3, -0.25) is 0 Å². The van der Waals surface area contributed by atoms with Crippen LogP contribution in [-0.2, 0) is 4.74 Å². The van der Waals surface area contributed by atoms with Crippen molar-refractivity contribution in [3.63, 3.8) is 0 Å². The Kier molecular flexibility index (Phi) is 5.93. The topological polar surface area (TPSA) is 86.1 Å². The molecule has 176 valence electrons. The maximum atomic E-state index is 14.3. The first-order valence-corrected chi connectivity index (χ1v) is 10.7. The molecule has 0 amide bonds. The number of hydrogen-bond acceptors (Lipinski definition) is 7. The zero-order valence-electron chi connectivity index (χ0n) is 18.2. The van der Waals surface area contributed by atoms with Crippen molar-refractivity contribution in [3.8, 4) is 5.75 Å². The molecule has 2 aromatic heterocycles. The van der Waals surface area contributed by atoms with Crippen molar-refractivity contribution < 1.29 is 22.6 Å². The van der Waals surface area contributed by atoms with Crippen molar-refractivity contribution in [2.75, 3.05) is 31.0 Å². The summed E-state index contributed by atoms with van der Waals surface area (Å²) in [5.74, 6) is -1.92. The van der Waals surface area contributed by atoms with E-state index < -0.39 is 23.1 Å². The SMILES string of the molecule is COc1ccc(Nc2ncc3c(Nc4c(F)cc(F)cc4F)nn(C4CCOCC4)c3n2)cc1. The molecule has 0 bridgehead atoms. The van der Waals surface area contributed by atoms with Gasteiger partial charge >= 0.3 is 0 Å². The minimum absolute atomic E-state index is 0.0153. The van der Waals surface area contributed by atoms with Gasteiger partial charge in [0.1, 0.15) is 17.3 Å². The number of ether oxygens (including phenoxy) is 2. The van der Waals surface area contributed by atoms with Crippen LogP contribution in [0.5, 0.6) is 5.75 Å². The molecule has 0 radical (unpaired) electrons. The molecule has 1 fully saturated rings. The summed E-state index contributed by atoms with van der Waals surface area (Å²) in [5.41, 5.74) is 0.745. The monoisotopic (exact) mass is 470 g/mol. The number of aromatic nitrogens is 4. The molecule has 34 heavy (non-hydrogen) atoms. The summed E-state index contributed by atoms with van der Waals surface area (Å²) in [6.07, 6.45) is 2.94. The van der Waals surface area contributed by atoms with Gasteiger partial charge in [0.05, 0.1) is 18.5 Å². The van der Waals surface area contributed by atoms with Gasteiger partial charge in [-0.15, -0.1) is 0 Å². The van der Waals surface area contributed by atoms with Crippen molar-refractivity contribution in [2.45, 2.75) is 18.9 Å². The number of methoxy groups -OCH3 is 1. The summed E-state index contributed by atoms with van der Waals surface area (Å²) < 4.78 is 54.2. The van der Waals surface area contributed by atoms with E-state index in [9.17, 15) is 13.2 Å². The van der Waals surface area contributed by atoms with Gasteiger partial charge in [-0.05, 0) is 37.1 Å². The number of nitrogens with zero attached hydrogens (tertiary/aromatic N) is 4. The lowest BCUT2D eigenvalue weighted by Gasteiger charge is -2.22. The standard InChI is InChI=1S/C23H21F3N6O2/c1-33-16-4-2-14(3-5-16)28-23-27-12-17-21(29-20-18(25)10-13(24)11-19(20)26)31-32(22(17)30-23)15-6-8-34-9-7-15/h2-5,10-12,15H,6-9H2,1H3,(H,29,31)(H,27,28,30). The van der Waals surface area contributed by atoms with Crippen LogP contribution < -0.4 is 15.4 Å². The number of nitrogens with one attached hydrogen (secondary N) is 2. The second kappa shape index (κ2) is 9.18. The van der Waals surface area contributed by atoms with Crippen molar-refractivity contribution >= 4 is 34.2 Å². The average Bonchev–Trinajstić information content (AvgIpc) is 3.20. The Balaban J connectivity index is 1.54. The fourth-order valence-corrected chi connectivity index (χ4v) is 3.84. The molecule has 4 aromatic rings. The predicted molar refractivity (Wildman–Crippen MR) is 120 cm³/mol. The van der Waals surface area contributed by atoms with Gasteiger partial charge in [-0.25, -0.2) is 22.8 Å². The van der Waals surface area contributed by atoms with E-state index in [2.05, 4.69) is 25.7 Å². The molecule has 0 saturated carbocycles. The molecule has 1 aliphatic rings. The first-order valence-electron chi connectivity index (χ1n) is 10.7. The van der Waals surface area contributed by atoms with Crippen LogP contribution in [0.15, 0.2) is 42.6 Å². The molecular weight excluding hydrogens is 449 g/mol. The van der Waals surface area contributed by atoms with Gasteiger partial charge < -0.3 is 20.1 Å². The van der Waals surface area contributed by atoms with Crippen LogP contribution in [0.25, 0.3) is 11.0 Å². The Morgan fingerprint density at radius 3 is 2.41 bits per heavy atom. The van der Waals surface area contributed by atoms with Crippen LogP contribution in [0.3, 0.4) is 0 Å². The number of anilines is 4. The lowest BCUT2D eigenvalue weighted by molar-refractivity contribution is 0.0674. The van der Waals surface area contributed by atoms with Crippen molar-refractivity contribution in [1.29, 1.82) is 0 Å². The zero-order chi connectivity index (χ0) is 23.7. The van der Waals surface area contributed by atoms with Crippen LogP contribution in [0.1, 0.15) is 18.9 Å². The minimum atomic E-state index is -1.06. The van der Waals surface area contributed by atoms with E-state index in [1.165, 1.54) is 6.20 Å². The molecule has 11 heteroatoms. The smallest absolute Gasteiger partial charge is 0.229 e. The lowest BCUT2D eigenvalue weighted by atomic mass is 10.1. The van der Waals surface area contributed by atoms with Gasteiger partial charge in [0.2, 0.25) is 5.95 Å². The molecule has 1 saturated heterocycles. The molecule has 2 aromatic carbocycles. The van der Waals surface area contributed by atoms with E-state index in [1.54, 1.807) is 23.9 Å². The molecule has 2 N–H and O–H groups in total. The third kappa shape index (κ3) is 4.34. The minimum Gasteiger partial charge on any atom is -0.497 e. The number of benzene rings is 2. The van der Waals surface area contributed by atoms with Gasteiger partial charge in [0.25, 0.3) is 0 Å². The van der Waals surface area contributed by atoms with Gasteiger partial charge in [0, 0.05) is 37.2 Å². The molecule has 5 rings (SSSR count). The summed E-state index contributed by atoms with van der Waals surface area (Å²) in [7, 11) is 1.59. The van der Waals surface area contributed by atoms with Crippen LogP contribution in [0, 0.1) is 17.5 Å². The number of hydrogen-bond donors (Lipinski definition) is 2. The fourth-order valence-electron chi connectivity index (χ4n) is 3.84. The largest absolute Gasteiger partial charge is 0.497 e. The van der Waals surface area contributed by atoms with E-state index in [1.807, 2.05) is 12.1 Å². The Hall–Kier alpha value is -3.86. The highest BCUT2D eigenvalue weighted by molar-refractivity contribution is 5.90. The number of rotatable bonds is 6. The summed E-state index contributed by atoms with van der Waals surface area (Å²) >= 11 is 0. The predicted octanol–water partition coefficient (Wildman–Crippen LogP) is 5.09. The highest BCUT2D eigenvalue weighted by atomic mass is 19.1. The van der Waals surface area contributed by atoms with Gasteiger partial charge in [-0.2, -0.15) is 10.1 Å². The number of fused-ring (bicyclic) bond motifs is 1. The highest BCUT2D eigenvalue weighted by Gasteiger charge is 2.24. The van der Waals surface area contributed by atoms with Gasteiger partial charge in [0.15, 0.2) is 23.1 Å². The Bertz CT molecular complexity index is 1300. The normalized spacial score (nSPS) is 14.4. The van der Waals surface area contributed by atoms with E-state index >= 15 is 0 Å². The fraction of sp³-hybridized carbons (Fsp3) is 0.261. The molecule has 8 nitrogen and oxygen atoms in total. The first kappa shape index (κ1) is 22.0. The van der Waals surface area contributed by atoms with Crippen molar-refractivity contribution in [3.05, 3.63) is 60.0 Å². The van der Waals surface area contributed by atoms with Crippen LogP contribution in [0.4, 0.5) is 36.3 Å². The van der Waals surface area contributed by atoms with Crippen molar-refractivity contribution in [1.82, 2.24) is 19.7 Å². The Morgan fingerprint density at radius 1 is 1.03 bits per heavy atom. The van der Waals surface area contributed by atoms with E-state index in [-0.39, 0.29) is 11.9 Å². The maximum Gasteiger partial charge on any atom is 0.229 e. The zero-order valence-corrected chi connectivity index (χ0v) is 18.2. The van der Waals surface area contributed by atoms with E-state index in [4.69, 9.17) is 9.47 Å². The molecule has 0 atom stereocenters. The molecule has 3 heterocycles. The summed E-state index contributed by atoms with van der Waals surface area (Å²) in [5, 5.41) is 10.8. The number of halogens is 3. The summed E-state index contributed by atoms with van der Waals surface area (Å²) in [6.45, 7) is 1.13. The summed E-state index contributed by atoms with van der Waals surface area (Å²) in [4.78, 5) is 8.97. The average molecular weight is 470 g/mol. The maximum absolute atomic E-state index is 14.3. The van der Waals surface area contributed by atoms with Crippen LogP contribution >= 0.6 is 0 Å². The lowest BCUT2D eigenvalue weighted by Crippen LogP contribution is -2.21. The van der Waals surface area contributed by atoms with Crippen LogP contribution in [0.2, 0.25) is 0 Å². The Morgan fingerprint density at radius 2 is 1.74 bits per heavy atom. The molecule has 0 spiro atoms. The van der Waals surface area contributed by atoms with Crippen molar-refractivity contribution in [2.24, 2.45) is 0 Å². The second-order valence-corrected chi connectivity index (χ2v) is 7.79. The van der Waals surface area contributed by atoms with E-state index in [0.717, 1.165) is 11.4 Å². The summed E-state index contributed by atoms with van der Waals surface area (Å²) in [6, 6.07) is 8.47. The second-order valence-electron chi connectivity index (χ2n) is 7.79. The molecular formula is C23H21F3N6O2.